The summed E-state index contributed by atoms with van der Waals surface area (Å²) in [5.41, 5.74) is 11.9. The Morgan fingerprint density at radius 2 is 0.542 bits per heavy atom. The smallest absolute Gasteiger partial charge is 0.137 e. The standard InChI is InChI=1S/C68H40N2O2/c1-3-19-61-57(17-1)59-31-29-53(39-63(59)71-61)69(55-35-47-25-21-41-9-5-10-42-22-26-48(36-55)67(47)65(41)42)51-15-7-13-45(33-51)46-14-8-16-52(34-46)70(54-30-32-60-58-18-2-4-20-62(58)72-64(60)40-54)56-37-49-27-23-43-11-6-12-44-24-28-50(38-56)68(49)66(43)44/h1-40H. The average molecular weight is 917 g/mol. The number of hydrogen-bond donors (Lipinski definition) is 0. The Labute approximate surface area is 413 Å². The SMILES string of the molecule is c1cc(-c2cccc(N(c3cc4ccc5cccc6ccc(c3)c4c56)c3ccc4c(c3)oc3ccccc34)c2)cc(N(c2cc3ccc4cccc5ccc(c2)c3c45)c2ccc3c(c2)oc2ccccc23)c1. The molecule has 14 aromatic carbocycles. The Kier molecular flexibility index (Phi) is 8.14. The van der Waals surface area contributed by atoms with Crippen LogP contribution >= 0.6 is 0 Å². The van der Waals surface area contributed by atoms with Crippen LogP contribution in [0.3, 0.4) is 0 Å². The molecule has 0 saturated carbocycles. The average Bonchev–Trinajstić information content (AvgIpc) is 4.00. The van der Waals surface area contributed by atoms with Crippen LogP contribution in [0.1, 0.15) is 0 Å². The molecule has 4 heteroatoms. The topological polar surface area (TPSA) is 32.8 Å². The zero-order valence-electron chi connectivity index (χ0n) is 38.8. The van der Waals surface area contributed by atoms with Crippen LogP contribution in [0.2, 0.25) is 0 Å². The highest BCUT2D eigenvalue weighted by atomic mass is 16.3. The summed E-state index contributed by atoms with van der Waals surface area (Å²) in [4.78, 5) is 4.76. The Balaban J connectivity index is 0.871. The molecule has 72 heavy (non-hydrogen) atoms. The predicted octanol–water partition coefficient (Wildman–Crippen LogP) is 19.9. The van der Waals surface area contributed by atoms with Gasteiger partial charge in [-0.1, -0.05) is 146 Å². The van der Waals surface area contributed by atoms with Crippen molar-refractivity contribution in [2.45, 2.75) is 0 Å². The van der Waals surface area contributed by atoms with Crippen LogP contribution in [0.25, 0.3) is 120 Å². The van der Waals surface area contributed by atoms with Crippen LogP contribution in [0.5, 0.6) is 0 Å². The molecule has 0 N–H and O–H groups in total. The van der Waals surface area contributed by atoms with E-state index in [1.807, 2.05) is 24.3 Å². The fourth-order valence-corrected chi connectivity index (χ4v) is 12.0. The maximum Gasteiger partial charge on any atom is 0.137 e. The lowest BCUT2D eigenvalue weighted by atomic mass is 9.93. The molecule has 0 aliphatic rings. The first kappa shape index (κ1) is 39.2. The summed E-state index contributed by atoms with van der Waals surface area (Å²) in [7, 11) is 0. The highest BCUT2D eigenvalue weighted by Crippen LogP contribution is 2.46. The van der Waals surface area contributed by atoms with Crippen molar-refractivity contribution in [3.8, 4) is 11.1 Å². The fraction of sp³-hybridized carbons (Fsp3) is 0. The van der Waals surface area contributed by atoms with E-state index in [1.54, 1.807) is 0 Å². The second-order valence-electron chi connectivity index (χ2n) is 19.3. The van der Waals surface area contributed by atoms with Gasteiger partial charge in [-0.25, -0.2) is 0 Å². The number of benzene rings is 14. The third kappa shape index (κ3) is 5.87. The molecule has 0 radical (unpaired) electrons. The quantitative estimate of drug-likeness (QED) is 0.149. The highest BCUT2D eigenvalue weighted by molar-refractivity contribution is 6.25. The van der Waals surface area contributed by atoms with Gasteiger partial charge < -0.3 is 18.6 Å². The van der Waals surface area contributed by atoms with Crippen LogP contribution in [-0.2, 0) is 0 Å². The number of para-hydroxylation sites is 2. The summed E-state index contributed by atoms with van der Waals surface area (Å²) < 4.78 is 13.1. The van der Waals surface area contributed by atoms with Crippen molar-refractivity contribution < 1.29 is 8.83 Å². The van der Waals surface area contributed by atoms with Crippen molar-refractivity contribution in [3.63, 3.8) is 0 Å². The molecule has 4 nitrogen and oxygen atoms in total. The van der Waals surface area contributed by atoms with E-state index in [0.717, 1.165) is 89.1 Å². The van der Waals surface area contributed by atoms with Gasteiger partial charge in [-0.2, -0.15) is 0 Å². The number of rotatable bonds is 7. The van der Waals surface area contributed by atoms with Crippen molar-refractivity contribution in [2.75, 3.05) is 9.80 Å². The van der Waals surface area contributed by atoms with E-state index in [-0.39, 0.29) is 0 Å². The normalized spacial score (nSPS) is 12.2. The van der Waals surface area contributed by atoms with Crippen molar-refractivity contribution in [3.05, 3.63) is 243 Å². The predicted molar refractivity (Wildman–Crippen MR) is 303 cm³/mol. The third-order valence-corrected chi connectivity index (χ3v) is 15.2. The molecule has 0 aliphatic carbocycles. The second-order valence-corrected chi connectivity index (χ2v) is 19.3. The van der Waals surface area contributed by atoms with Gasteiger partial charge >= 0.3 is 0 Å². The van der Waals surface area contributed by atoms with E-state index in [0.29, 0.717) is 0 Å². The maximum atomic E-state index is 6.53. The van der Waals surface area contributed by atoms with Crippen molar-refractivity contribution in [1.29, 1.82) is 0 Å². The van der Waals surface area contributed by atoms with Gasteiger partial charge in [-0.05, 0) is 161 Å². The molecule has 0 amide bonds. The minimum absolute atomic E-state index is 0.855. The van der Waals surface area contributed by atoms with Gasteiger partial charge in [0.25, 0.3) is 0 Å². The van der Waals surface area contributed by atoms with Gasteiger partial charge in [-0.3, -0.25) is 0 Å². The molecule has 0 saturated heterocycles. The summed E-state index contributed by atoms with van der Waals surface area (Å²) in [5, 5.41) is 19.5. The van der Waals surface area contributed by atoms with E-state index in [1.165, 1.54) is 64.6 Å². The van der Waals surface area contributed by atoms with Gasteiger partial charge in [0.15, 0.2) is 0 Å². The van der Waals surface area contributed by atoms with E-state index >= 15 is 0 Å². The second kappa shape index (κ2) is 14.9. The Bertz CT molecular complexity index is 4410. The third-order valence-electron chi connectivity index (χ3n) is 15.2. The number of anilines is 6. The molecule has 0 spiro atoms. The Morgan fingerprint density at radius 3 is 0.958 bits per heavy atom. The minimum Gasteiger partial charge on any atom is -0.456 e. The summed E-state index contributed by atoms with van der Waals surface area (Å²) in [6.07, 6.45) is 0. The molecule has 0 aliphatic heterocycles. The molecule has 0 atom stereocenters. The Hall–Kier alpha value is -9.64. The highest BCUT2D eigenvalue weighted by Gasteiger charge is 2.22. The minimum atomic E-state index is 0.855. The molecule has 2 aromatic heterocycles. The molecule has 16 rings (SSSR count). The summed E-state index contributed by atoms with van der Waals surface area (Å²) in [5.74, 6) is 0. The molecule has 16 aromatic rings. The molecule has 334 valence electrons. The van der Waals surface area contributed by atoms with E-state index in [2.05, 4.69) is 228 Å². The van der Waals surface area contributed by atoms with E-state index in [9.17, 15) is 0 Å². The molecule has 0 fully saturated rings. The monoisotopic (exact) mass is 916 g/mol. The van der Waals surface area contributed by atoms with Crippen molar-refractivity contribution in [2.24, 2.45) is 0 Å². The first-order valence-corrected chi connectivity index (χ1v) is 24.6. The molecule has 0 unspecified atom stereocenters. The zero-order chi connectivity index (χ0) is 47.0. The van der Waals surface area contributed by atoms with Crippen LogP contribution in [0.4, 0.5) is 34.1 Å². The van der Waals surface area contributed by atoms with Gasteiger partial charge in [0.2, 0.25) is 0 Å². The lowest BCUT2D eigenvalue weighted by molar-refractivity contribution is 0.668. The number of hydrogen-bond acceptors (Lipinski definition) is 4. The van der Waals surface area contributed by atoms with E-state index in [4.69, 9.17) is 8.83 Å². The van der Waals surface area contributed by atoms with Crippen molar-refractivity contribution in [1.82, 2.24) is 0 Å². The molecular weight excluding hydrogens is 877 g/mol. The lowest BCUT2D eigenvalue weighted by Gasteiger charge is -2.28. The van der Waals surface area contributed by atoms with Gasteiger partial charge in [0.1, 0.15) is 22.3 Å². The molecule has 2 heterocycles. The van der Waals surface area contributed by atoms with Crippen LogP contribution in [0.15, 0.2) is 251 Å². The first-order chi connectivity index (χ1) is 35.6. The number of fused-ring (bicyclic) bond motifs is 6. The molecule has 0 bridgehead atoms. The van der Waals surface area contributed by atoms with Crippen LogP contribution in [0, 0.1) is 0 Å². The lowest BCUT2D eigenvalue weighted by Crippen LogP contribution is -2.11. The summed E-state index contributed by atoms with van der Waals surface area (Å²) in [6, 6.07) is 88.4. The Morgan fingerprint density at radius 1 is 0.208 bits per heavy atom. The number of nitrogens with zero attached hydrogens (tertiary/aromatic N) is 2. The van der Waals surface area contributed by atoms with Crippen LogP contribution < -0.4 is 9.80 Å². The summed E-state index contributed by atoms with van der Waals surface area (Å²) >= 11 is 0. The van der Waals surface area contributed by atoms with Crippen LogP contribution in [-0.4, -0.2) is 0 Å². The van der Waals surface area contributed by atoms with Gasteiger partial charge in [0.05, 0.1) is 0 Å². The molecular formula is C68H40N2O2. The fourth-order valence-electron chi connectivity index (χ4n) is 12.0. The zero-order valence-corrected chi connectivity index (χ0v) is 38.8. The first-order valence-electron chi connectivity index (χ1n) is 24.6. The summed E-state index contributed by atoms with van der Waals surface area (Å²) in [6.45, 7) is 0. The van der Waals surface area contributed by atoms with E-state index < -0.39 is 0 Å². The number of furan rings is 2. The maximum absolute atomic E-state index is 6.53. The van der Waals surface area contributed by atoms with Gasteiger partial charge in [0, 0.05) is 67.8 Å². The van der Waals surface area contributed by atoms with Gasteiger partial charge in [-0.15, -0.1) is 0 Å². The largest absolute Gasteiger partial charge is 0.456 e. The van der Waals surface area contributed by atoms with Crippen molar-refractivity contribution >= 4 is 143 Å².